The molecule has 1 fully saturated rings. The number of nitrogens with zero attached hydrogens (tertiary/aromatic N) is 3. The smallest absolute Gasteiger partial charge is 0.254 e. The summed E-state index contributed by atoms with van der Waals surface area (Å²) in [6.45, 7) is 3.06. The molecule has 0 atom stereocenters. The number of rotatable bonds is 8. The summed E-state index contributed by atoms with van der Waals surface area (Å²) in [6.07, 6.45) is 4.74. The molecular formula is C21H26FN3O2. The van der Waals surface area contributed by atoms with Gasteiger partial charge >= 0.3 is 0 Å². The number of amides is 2. The Balaban J connectivity index is 1.72. The van der Waals surface area contributed by atoms with Gasteiger partial charge in [-0.1, -0.05) is 6.92 Å². The summed E-state index contributed by atoms with van der Waals surface area (Å²) < 4.78 is 15.1. The number of aryl methyl sites for hydroxylation is 1. The molecule has 0 bridgehead atoms. The second kappa shape index (κ2) is 8.37. The first kappa shape index (κ1) is 19.1. The number of hydrogen-bond donors (Lipinski definition) is 0. The number of halogens is 1. The average molecular weight is 371 g/mol. The third-order valence-corrected chi connectivity index (χ3v) is 4.89. The van der Waals surface area contributed by atoms with Crippen molar-refractivity contribution in [2.75, 3.05) is 13.1 Å². The van der Waals surface area contributed by atoms with Crippen molar-refractivity contribution in [2.24, 2.45) is 7.05 Å². The first-order valence-electron chi connectivity index (χ1n) is 9.44. The Bertz CT molecular complexity index is 796. The quantitative estimate of drug-likeness (QED) is 0.715. The third kappa shape index (κ3) is 4.76. The lowest BCUT2D eigenvalue weighted by atomic mass is 10.2. The van der Waals surface area contributed by atoms with E-state index in [2.05, 4.69) is 0 Å². The molecule has 0 unspecified atom stereocenters. The highest BCUT2D eigenvalue weighted by Crippen LogP contribution is 2.28. The monoisotopic (exact) mass is 371 g/mol. The molecule has 3 rings (SSSR count). The number of aromatic nitrogens is 1. The molecule has 0 spiro atoms. The predicted molar refractivity (Wildman–Crippen MR) is 102 cm³/mol. The van der Waals surface area contributed by atoms with Gasteiger partial charge in [-0.15, -0.1) is 0 Å². The van der Waals surface area contributed by atoms with Crippen LogP contribution in [0.5, 0.6) is 0 Å². The summed E-state index contributed by atoms with van der Waals surface area (Å²) in [5.74, 6) is -0.658. The van der Waals surface area contributed by atoms with Crippen molar-refractivity contribution in [3.8, 4) is 0 Å². The molecule has 1 aromatic heterocycles. The van der Waals surface area contributed by atoms with Crippen LogP contribution in [-0.4, -0.2) is 45.3 Å². The van der Waals surface area contributed by atoms with Crippen LogP contribution in [0.25, 0.3) is 0 Å². The second-order valence-corrected chi connectivity index (χ2v) is 7.10. The average Bonchev–Trinajstić information content (AvgIpc) is 3.41. The van der Waals surface area contributed by atoms with Crippen LogP contribution in [0, 0.1) is 5.82 Å². The molecule has 0 radical (unpaired) electrons. The second-order valence-electron chi connectivity index (χ2n) is 7.10. The van der Waals surface area contributed by atoms with Crippen LogP contribution in [0.1, 0.15) is 42.2 Å². The highest BCUT2D eigenvalue weighted by molar-refractivity contribution is 5.96. The zero-order valence-electron chi connectivity index (χ0n) is 15.9. The number of benzene rings is 1. The minimum absolute atomic E-state index is 0.0392. The van der Waals surface area contributed by atoms with E-state index in [9.17, 15) is 14.0 Å². The molecule has 1 heterocycles. The van der Waals surface area contributed by atoms with Gasteiger partial charge in [-0.2, -0.15) is 0 Å². The number of carbonyl (C=O) groups excluding carboxylic acids is 2. The van der Waals surface area contributed by atoms with Crippen molar-refractivity contribution < 1.29 is 14.0 Å². The van der Waals surface area contributed by atoms with Crippen molar-refractivity contribution in [2.45, 2.75) is 38.8 Å². The molecule has 1 aliphatic carbocycles. The fourth-order valence-electron chi connectivity index (χ4n) is 3.19. The van der Waals surface area contributed by atoms with E-state index < -0.39 is 0 Å². The van der Waals surface area contributed by atoms with Crippen LogP contribution >= 0.6 is 0 Å². The van der Waals surface area contributed by atoms with Gasteiger partial charge in [0.25, 0.3) is 5.91 Å². The van der Waals surface area contributed by atoms with E-state index >= 15 is 0 Å². The van der Waals surface area contributed by atoms with Gasteiger partial charge in [0.2, 0.25) is 5.91 Å². The van der Waals surface area contributed by atoms with E-state index in [0.29, 0.717) is 18.7 Å². The van der Waals surface area contributed by atoms with Gasteiger partial charge in [0.05, 0.1) is 6.54 Å². The van der Waals surface area contributed by atoms with Crippen molar-refractivity contribution in [1.82, 2.24) is 14.4 Å². The fraction of sp³-hybridized carbons (Fsp3) is 0.429. The van der Waals surface area contributed by atoms with E-state index in [0.717, 1.165) is 25.0 Å². The molecule has 1 aromatic carbocycles. The Kier molecular flexibility index (Phi) is 5.94. The third-order valence-electron chi connectivity index (χ3n) is 4.89. The Morgan fingerprint density at radius 1 is 1.19 bits per heavy atom. The molecule has 0 N–H and O–H groups in total. The van der Waals surface area contributed by atoms with Crippen molar-refractivity contribution >= 4 is 11.8 Å². The van der Waals surface area contributed by atoms with Gasteiger partial charge in [0, 0.05) is 37.1 Å². The highest BCUT2D eigenvalue weighted by Gasteiger charge is 2.34. The molecule has 144 valence electrons. The van der Waals surface area contributed by atoms with Crippen molar-refractivity contribution in [1.29, 1.82) is 0 Å². The predicted octanol–water partition coefficient (Wildman–Crippen LogP) is 3.21. The molecule has 2 amide bonds. The first-order valence-corrected chi connectivity index (χ1v) is 9.44. The van der Waals surface area contributed by atoms with E-state index in [1.807, 2.05) is 41.8 Å². The zero-order valence-corrected chi connectivity index (χ0v) is 15.9. The standard InChI is InChI=1S/C21H26FN3O2/c1-3-12-24(21(27)16-6-8-17(22)9-7-16)15-20(26)25(18-10-11-18)14-19-5-4-13-23(19)2/h4-9,13,18H,3,10-12,14-15H2,1-2H3. The Hall–Kier alpha value is -2.63. The molecule has 1 saturated carbocycles. The summed E-state index contributed by atoms with van der Waals surface area (Å²) in [6, 6.07) is 9.70. The van der Waals surface area contributed by atoms with Crippen LogP contribution < -0.4 is 0 Å². The minimum Gasteiger partial charge on any atom is -0.353 e. The Morgan fingerprint density at radius 2 is 1.89 bits per heavy atom. The normalized spacial score (nSPS) is 13.4. The van der Waals surface area contributed by atoms with Crippen molar-refractivity contribution in [3.05, 3.63) is 59.7 Å². The molecule has 6 heteroatoms. The maximum absolute atomic E-state index is 13.1. The summed E-state index contributed by atoms with van der Waals surface area (Å²) >= 11 is 0. The first-order chi connectivity index (χ1) is 13.0. The fourth-order valence-corrected chi connectivity index (χ4v) is 3.19. The minimum atomic E-state index is -0.382. The summed E-state index contributed by atoms with van der Waals surface area (Å²) in [4.78, 5) is 29.2. The lowest BCUT2D eigenvalue weighted by Gasteiger charge is -2.28. The molecule has 0 saturated heterocycles. The van der Waals surface area contributed by atoms with Gasteiger partial charge in [-0.05, 0) is 55.7 Å². The van der Waals surface area contributed by atoms with Crippen LogP contribution in [0.3, 0.4) is 0 Å². The largest absolute Gasteiger partial charge is 0.353 e. The topological polar surface area (TPSA) is 45.6 Å². The summed E-state index contributed by atoms with van der Waals surface area (Å²) in [5, 5.41) is 0. The Morgan fingerprint density at radius 3 is 2.44 bits per heavy atom. The van der Waals surface area contributed by atoms with Crippen LogP contribution in [-0.2, 0) is 18.4 Å². The zero-order chi connectivity index (χ0) is 19.4. The SMILES string of the molecule is CCCN(CC(=O)N(Cc1cccn1C)C1CC1)C(=O)c1ccc(F)cc1. The van der Waals surface area contributed by atoms with E-state index in [1.54, 1.807) is 4.90 Å². The van der Waals surface area contributed by atoms with Crippen LogP contribution in [0.15, 0.2) is 42.6 Å². The molecule has 0 aliphatic heterocycles. The number of hydrogen-bond acceptors (Lipinski definition) is 2. The van der Waals surface area contributed by atoms with Gasteiger partial charge < -0.3 is 14.4 Å². The van der Waals surface area contributed by atoms with Crippen LogP contribution in [0.2, 0.25) is 0 Å². The van der Waals surface area contributed by atoms with E-state index in [-0.39, 0.29) is 30.2 Å². The van der Waals surface area contributed by atoms with Gasteiger partial charge in [0.15, 0.2) is 0 Å². The summed E-state index contributed by atoms with van der Waals surface area (Å²) in [7, 11) is 1.96. The lowest BCUT2D eigenvalue weighted by Crippen LogP contribution is -2.44. The van der Waals surface area contributed by atoms with E-state index in [4.69, 9.17) is 0 Å². The van der Waals surface area contributed by atoms with Gasteiger partial charge in [-0.25, -0.2) is 4.39 Å². The van der Waals surface area contributed by atoms with Crippen LogP contribution in [0.4, 0.5) is 4.39 Å². The molecule has 27 heavy (non-hydrogen) atoms. The Labute approximate surface area is 159 Å². The molecule has 2 aromatic rings. The maximum Gasteiger partial charge on any atom is 0.254 e. The molecule has 1 aliphatic rings. The molecular weight excluding hydrogens is 345 g/mol. The highest BCUT2D eigenvalue weighted by atomic mass is 19.1. The van der Waals surface area contributed by atoms with Gasteiger partial charge in [-0.3, -0.25) is 9.59 Å². The maximum atomic E-state index is 13.1. The number of carbonyl (C=O) groups is 2. The summed E-state index contributed by atoms with van der Waals surface area (Å²) in [5.41, 5.74) is 1.47. The molecule has 5 nitrogen and oxygen atoms in total. The van der Waals surface area contributed by atoms with E-state index in [1.165, 1.54) is 24.3 Å². The van der Waals surface area contributed by atoms with Crippen molar-refractivity contribution in [3.63, 3.8) is 0 Å². The lowest BCUT2D eigenvalue weighted by molar-refractivity contribution is -0.133. The van der Waals surface area contributed by atoms with Gasteiger partial charge in [0.1, 0.15) is 12.4 Å².